The van der Waals surface area contributed by atoms with Gasteiger partial charge >= 0.3 is 0 Å². The van der Waals surface area contributed by atoms with Gasteiger partial charge in [0, 0.05) is 44.1 Å². The lowest BCUT2D eigenvalue weighted by Gasteiger charge is -2.27. The third-order valence-electron chi connectivity index (χ3n) is 3.29. The van der Waals surface area contributed by atoms with Crippen molar-refractivity contribution in [2.24, 2.45) is 0 Å². The van der Waals surface area contributed by atoms with Gasteiger partial charge in [-0.3, -0.25) is 4.79 Å². The highest BCUT2D eigenvalue weighted by atomic mass is 35.5. The Morgan fingerprint density at radius 2 is 1.85 bits per heavy atom. The summed E-state index contributed by atoms with van der Waals surface area (Å²) in [6.45, 7) is 3.30. The van der Waals surface area contributed by atoms with E-state index in [-0.39, 0.29) is 18.3 Å². The van der Waals surface area contributed by atoms with Crippen molar-refractivity contribution >= 4 is 18.3 Å². The standard InChI is InChI=1S/C14H16N4O.ClH/c19-14(17-10-7-15-8-11-17)12-2-4-13(5-3-12)18-9-1-6-16-18;/h1-6,9,15H,7-8,10-11H2;1H. The summed E-state index contributed by atoms with van der Waals surface area (Å²) in [6, 6.07) is 9.44. The number of aromatic nitrogens is 2. The number of hydrogen-bond donors (Lipinski definition) is 1. The predicted octanol–water partition coefficient (Wildman–Crippen LogP) is 1.34. The molecule has 106 valence electrons. The van der Waals surface area contributed by atoms with E-state index in [1.54, 1.807) is 10.9 Å². The van der Waals surface area contributed by atoms with Gasteiger partial charge in [0.05, 0.1) is 5.69 Å². The van der Waals surface area contributed by atoms with Crippen LogP contribution in [0.25, 0.3) is 5.69 Å². The molecule has 1 N–H and O–H groups in total. The maximum atomic E-state index is 12.3. The monoisotopic (exact) mass is 292 g/mol. The van der Waals surface area contributed by atoms with Crippen molar-refractivity contribution in [1.29, 1.82) is 0 Å². The van der Waals surface area contributed by atoms with Gasteiger partial charge in [0.25, 0.3) is 5.91 Å². The van der Waals surface area contributed by atoms with E-state index in [0.29, 0.717) is 0 Å². The van der Waals surface area contributed by atoms with Crippen LogP contribution in [0.1, 0.15) is 10.4 Å². The maximum Gasteiger partial charge on any atom is 0.253 e. The summed E-state index contributed by atoms with van der Waals surface area (Å²) < 4.78 is 1.78. The van der Waals surface area contributed by atoms with Crippen LogP contribution in [-0.2, 0) is 0 Å². The number of nitrogens with zero attached hydrogens (tertiary/aromatic N) is 3. The molecule has 1 aromatic heterocycles. The van der Waals surface area contributed by atoms with Crippen molar-refractivity contribution in [3.63, 3.8) is 0 Å². The lowest BCUT2D eigenvalue weighted by Crippen LogP contribution is -2.46. The highest BCUT2D eigenvalue weighted by molar-refractivity contribution is 5.94. The van der Waals surface area contributed by atoms with E-state index in [1.807, 2.05) is 41.4 Å². The molecule has 0 aliphatic carbocycles. The van der Waals surface area contributed by atoms with Gasteiger partial charge < -0.3 is 10.2 Å². The van der Waals surface area contributed by atoms with Gasteiger partial charge in [-0.2, -0.15) is 5.10 Å². The fourth-order valence-electron chi connectivity index (χ4n) is 2.23. The lowest BCUT2D eigenvalue weighted by molar-refractivity contribution is 0.0736. The molecule has 20 heavy (non-hydrogen) atoms. The summed E-state index contributed by atoms with van der Waals surface area (Å²) in [5.41, 5.74) is 1.69. The molecule has 1 fully saturated rings. The third-order valence-corrected chi connectivity index (χ3v) is 3.29. The van der Waals surface area contributed by atoms with Gasteiger partial charge in [0.2, 0.25) is 0 Å². The Labute approximate surface area is 124 Å². The molecule has 1 aromatic carbocycles. The van der Waals surface area contributed by atoms with E-state index in [0.717, 1.165) is 37.4 Å². The van der Waals surface area contributed by atoms with Gasteiger partial charge in [0.15, 0.2) is 0 Å². The molecule has 0 atom stereocenters. The normalized spacial score (nSPS) is 14.7. The van der Waals surface area contributed by atoms with Crippen molar-refractivity contribution < 1.29 is 4.79 Å². The number of carbonyl (C=O) groups is 1. The molecule has 5 nitrogen and oxygen atoms in total. The van der Waals surface area contributed by atoms with Crippen LogP contribution in [0.5, 0.6) is 0 Å². The number of hydrogen-bond acceptors (Lipinski definition) is 3. The summed E-state index contributed by atoms with van der Waals surface area (Å²) in [5, 5.41) is 7.41. The molecule has 0 spiro atoms. The van der Waals surface area contributed by atoms with Crippen LogP contribution in [-0.4, -0.2) is 46.8 Å². The number of nitrogens with one attached hydrogen (secondary N) is 1. The minimum Gasteiger partial charge on any atom is -0.336 e. The van der Waals surface area contributed by atoms with Crippen LogP contribution in [0, 0.1) is 0 Å². The molecule has 2 heterocycles. The van der Waals surface area contributed by atoms with Gasteiger partial charge in [-0.15, -0.1) is 12.4 Å². The average Bonchev–Trinajstić information content (AvgIpc) is 3.02. The SMILES string of the molecule is Cl.O=C(c1ccc(-n2cccn2)cc1)N1CCNCC1. The quantitative estimate of drug-likeness (QED) is 0.909. The zero-order chi connectivity index (χ0) is 13.1. The summed E-state index contributed by atoms with van der Waals surface area (Å²) in [7, 11) is 0. The molecule has 1 saturated heterocycles. The summed E-state index contributed by atoms with van der Waals surface area (Å²) in [6.07, 6.45) is 3.62. The Kier molecular flexibility index (Phi) is 4.76. The maximum absolute atomic E-state index is 12.3. The molecule has 1 amide bonds. The largest absolute Gasteiger partial charge is 0.336 e. The van der Waals surface area contributed by atoms with Crippen LogP contribution in [0.2, 0.25) is 0 Å². The van der Waals surface area contributed by atoms with E-state index in [9.17, 15) is 4.79 Å². The molecule has 0 radical (unpaired) electrons. The summed E-state index contributed by atoms with van der Waals surface area (Å²) >= 11 is 0. The molecule has 0 unspecified atom stereocenters. The summed E-state index contributed by atoms with van der Waals surface area (Å²) in [5.74, 6) is 0.105. The number of benzene rings is 1. The van der Waals surface area contributed by atoms with Crippen molar-refractivity contribution in [3.05, 3.63) is 48.3 Å². The van der Waals surface area contributed by atoms with Gasteiger partial charge in [0.1, 0.15) is 0 Å². The van der Waals surface area contributed by atoms with E-state index in [2.05, 4.69) is 10.4 Å². The molecular weight excluding hydrogens is 276 g/mol. The second kappa shape index (κ2) is 6.54. The molecule has 1 aliphatic rings. The first-order valence-electron chi connectivity index (χ1n) is 6.45. The molecule has 3 rings (SSSR count). The minimum absolute atomic E-state index is 0. The highest BCUT2D eigenvalue weighted by Crippen LogP contribution is 2.11. The van der Waals surface area contributed by atoms with Crippen LogP contribution in [0.15, 0.2) is 42.7 Å². The first kappa shape index (κ1) is 14.6. The fourth-order valence-corrected chi connectivity index (χ4v) is 2.23. The molecule has 1 aliphatic heterocycles. The number of amides is 1. The van der Waals surface area contributed by atoms with Gasteiger partial charge in [-0.25, -0.2) is 4.68 Å². The van der Waals surface area contributed by atoms with Crippen molar-refractivity contribution in [3.8, 4) is 5.69 Å². The number of piperazine rings is 1. The molecule has 0 saturated carbocycles. The summed E-state index contributed by atoms with van der Waals surface area (Å²) in [4.78, 5) is 14.2. The molecule has 2 aromatic rings. The Balaban J connectivity index is 0.00000147. The van der Waals surface area contributed by atoms with Crippen molar-refractivity contribution in [2.75, 3.05) is 26.2 Å². The Morgan fingerprint density at radius 3 is 2.45 bits per heavy atom. The minimum atomic E-state index is 0. The predicted molar refractivity (Wildman–Crippen MR) is 79.6 cm³/mol. The first-order valence-corrected chi connectivity index (χ1v) is 6.45. The van der Waals surface area contributed by atoms with Crippen LogP contribution < -0.4 is 5.32 Å². The molecule has 6 heteroatoms. The van der Waals surface area contributed by atoms with E-state index in [4.69, 9.17) is 0 Å². The van der Waals surface area contributed by atoms with Crippen molar-refractivity contribution in [2.45, 2.75) is 0 Å². The smallest absolute Gasteiger partial charge is 0.253 e. The Morgan fingerprint density at radius 1 is 1.15 bits per heavy atom. The highest BCUT2D eigenvalue weighted by Gasteiger charge is 2.17. The number of halogens is 1. The van der Waals surface area contributed by atoms with Crippen molar-refractivity contribution in [1.82, 2.24) is 20.0 Å². The lowest BCUT2D eigenvalue weighted by atomic mass is 10.1. The second-order valence-corrected chi connectivity index (χ2v) is 4.54. The zero-order valence-electron chi connectivity index (χ0n) is 11.0. The topological polar surface area (TPSA) is 50.2 Å². The fraction of sp³-hybridized carbons (Fsp3) is 0.286. The van der Waals surface area contributed by atoms with Gasteiger partial charge in [-0.1, -0.05) is 0 Å². The Bertz CT molecular complexity index is 547. The van der Waals surface area contributed by atoms with Gasteiger partial charge in [-0.05, 0) is 30.3 Å². The molecular formula is C14H17ClN4O. The van der Waals surface area contributed by atoms with Crippen LogP contribution in [0.4, 0.5) is 0 Å². The van der Waals surface area contributed by atoms with E-state index in [1.165, 1.54) is 0 Å². The zero-order valence-corrected chi connectivity index (χ0v) is 11.8. The molecule has 0 bridgehead atoms. The number of rotatable bonds is 2. The van der Waals surface area contributed by atoms with Crippen LogP contribution >= 0.6 is 12.4 Å². The second-order valence-electron chi connectivity index (χ2n) is 4.54. The first-order chi connectivity index (χ1) is 9.34. The number of carbonyl (C=O) groups excluding carboxylic acids is 1. The third kappa shape index (κ3) is 3.00. The van der Waals surface area contributed by atoms with E-state index >= 15 is 0 Å². The van der Waals surface area contributed by atoms with Crippen LogP contribution in [0.3, 0.4) is 0 Å². The average molecular weight is 293 g/mol. The Hall–Kier alpha value is -1.85. The van der Waals surface area contributed by atoms with E-state index < -0.39 is 0 Å².